The number of carbonyl (C=O) groups is 1. The zero-order valence-electron chi connectivity index (χ0n) is 17.8. The molecule has 0 aliphatic rings. The van der Waals surface area contributed by atoms with Gasteiger partial charge in [0.15, 0.2) is 5.58 Å². The first-order chi connectivity index (χ1) is 14.4. The number of amides is 1. The number of anilines is 1. The van der Waals surface area contributed by atoms with Gasteiger partial charge in [-0.3, -0.25) is 4.79 Å². The molecule has 0 saturated carbocycles. The summed E-state index contributed by atoms with van der Waals surface area (Å²) in [6, 6.07) is 19.6. The number of benzene rings is 3. The maximum absolute atomic E-state index is 12.7. The summed E-state index contributed by atoms with van der Waals surface area (Å²) < 4.78 is 5.98. The molecule has 30 heavy (non-hydrogen) atoms. The minimum absolute atomic E-state index is 0.125. The summed E-state index contributed by atoms with van der Waals surface area (Å²) in [5.41, 5.74) is 7.19. The number of rotatable bonds is 5. The van der Waals surface area contributed by atoms with Crippen molar-refractivity contribution in [1.82, 2.24) is 4.98 Å². The molecular weight excluding hydrogens is 372 g/mol. The average Bonchev–Trinajstić information content (AvgIpc) is 3.16. The van der Waals surface area contributed by atoms with Crippen LogP contribution in [0.1, 0.15) is 53.2 Å². The van der Waals surface area contributed by atoms with Gasteiger partial charge >= 0.3 is 0 Å². The number of aromatic nitrogens is 1. The third-order valence-corrected chi connectivity index (χ3v) is 5.59. The Morgan fingerprint density at radius 3 is 2.67 bits per heavy atom. The Kier molecular flexibility index (Phi) is 5.40. The predicted octanol–water partition coefficient (Wildman–Crippen LogP) is 6.88. The monoisotopic (exact) mass is 398 g/mol. The van der Waals surface area contributed by atoms with Crippen LogP contribution >= 0.6 is 0 Å². The summed E-state index contributed by atoms with van der Waals surface area (Å²) in [4.78, 5) is 17.4. The average molecular weight is 399 g/mol. The Morgan fingerprint density at radius 1 is 1.07 bits per heavy atom. The molecule has 4 aromatic rings. The van der Waals surface area contributed by atoms with E-state index in [0.717, 1.165) is 34.2 Å². The van der Waals surface area contributed by atoms with E-state index < -0.39 is 0 Å². The molecule has 1 atom stereocenters. The smallest absolute Gasteiger partial charge is 0.255 e. The van der Waals surface area contributed by atoms with Crippen molar-refractivity contribution >= 4 is 22.7 Å². The molecule has 0 aliphatic heterocycles. The fraction of sp³-hybridized carbons (Fsp3) is 0.231. The van der Waals surface area contributed by atoms with Crippen molar-refractivity contribution in [2.45, 2.75) is 40.0 Å². The fourth-order valence-electron chi connectivity index (χ4n) is 3.61. The molecule has 1 amide bonds. The molecule has 0 fully saturated rings. The Hall–Kier alpha value is -3.40. The maximum Gasteiger partial charge on any atom is 0.255 e. The summed E-state index contributed by atoms with van der Waals surface area (Å²) in [6.45, 7) is 8.36. The lowest BCUT2D eigenvalue weighted by Gasteiger charge is -2.09. The number of nitrogens with zero attached hydrogens (tertiary/aromatic N) is 1. The van der Waals surface area contributed by atoms with Crippen LogP contribution < -0.4 is 5.32 Å². The minimum Gasteiger partial charge on any atom is -0.436 e. The van der Waals surface area contributed by atoms with Crippen LogP contribution in [0.5, 0.6) is 0 Å². The molecule has 0 bridgehead atoms. The predicted molar refractivity (Wildman–Crippen MR) is 122 cm³/mol. The minimum atomic E-state index is -0.125. The number of fused-ring (bicyclic) bond motifs is 1. The second-order valence-electron chi connectivity index (χ2n) is 7.91. The highest BCUT2D eigenvalue weighted by Gasteiger charge is 2.13. The maximum atomic E-state index is 12.7. The van der Waals surface area contributed by atoms with E-state index in [4.69, 9.17) is 4.42 Å². The number of oxazole rings is 1. The first kappa shape index (κ1) is 19.9. The molecule has 0 saturated heterocycles. The van der Waals surface area contributed by atoms with Crippen LogP contribution in [-0.2, 0) is 0 Å². The standard InChI is InChI=1S/C26H26N2O2/c1-5-17(3)19-10-12-24-23(15-19)28-26(30-24)20-7-6-8-21(14-20)27-25(29)22-11-9-16(2)13-18(22)4/h6-15,17H,5H2,1-4H3,(H,27,29)/t17-/m0/s1. The lowest BCUT2D eigenvalue weighted by atomic mass is 9.98. The molecule has 0 spiro atoms. The van der Waals surface area contributed by atoms with E-state index in [-0.39, 0.29) is 5.91 Å². The Bertz CT molecular complexity index is 1220. The normalized spacial score (nSPS) is 12.1. The number of hydrogen-bond acceptors (Lipinski definition) is 3. The number of nitrogens with one attached hydrogen (secondary N) is 1. The molecule has 4 rings (SSSR count). The Morgan fingerprint density at radius 2 is 1.90 bits per heavy atom. The van der Waals surface area contributed by atoms with E-state index in [0.29, 0.717) is 23.1 Å². The number of carbonyl (C=O) groups excluding carboxylic acids is 1. The first-order valence-electron chi connectivity index (χ1n) is 10.3. The molecule has 3 aromatic carbocycles. The van der Waals surface area contributed by atoms with Crippen LogP contribution in [0.25, 0.3) is 22.6 Å². The van der Waals surface area contributed by atoms with E-state index >= 15 is 0 Å². The zero-order valence-corrected chi connectivity index (χ0v) is 17.8. The number of hydrogen-bond donors (Lipinski definition) is 1. The van der Waals surface area contributed by atoms with Crippen LogP contribution in [0.2, 0.25) is 0 Å². The van der Waals surface area contributed by atoms with E-state index in [9.17, 15) is 4.79 Å². The van der Waals surface area contributed by atoms with Gasteiger partial charge in [0.1, 0.15) is 5.52 Å². The van der Waals surface area contributed by atoms with Crippen LogP contribution in [-0.4, -0.2) is 10.9 Å². The summed E-state index contributed by atoms with van der Waals surface area (Å²) in [6.07, 6.45) is 1.08. The Labute approximate surface area is 177 Å². The molecule has 1 aromatic heterocycles. The highest BCUT2D eigenvalue weighted by molar-refractivity contribution is 6.05. The van der Waals surface area contributed by atoms with Crippen LogP contribution in [0, 0.1) is 13.8 Å². The van der Waals surface area contributed by atoms with Gasteiger partial charge in [-0.2, -0.15) is 0 Å². The van der Waals surface area contributed by atoms with Gasteiger partial charge in [-0.25, -0.2) is 4.98 Å². The summed E-state index contributed by atoms with van der Waals surface area (Å²) in [7, 11) is 0. The topological polar surface area (TPSA) is 55.1 Å². The molecule has 1 N–H and O–H groups in total. The van der Waals surface area contributed by atoms with E-state index in [1.54, 1.807) is 0 Å². The molecule has 1 heterocycles. The fourth-order valence-corrected chi connectivity index (χ4v) is 3.61. The van der Waals surface area contributed by atoms with E-state index in [1.165, 1.54) is 5.56 Å². The van der Waals surface area contributed by atoms with Gasteiger partial charge in [-0.15, -0.1) is 0 Å². The van der Waals surface area contributed by atoms with Gasteiger partial charge in [-0.05, 0) is 73.7 Å². The van der Waals surface area contributed by atoms with E-state index in [1.807, 2.05) is 62.4 Å². The first-order valence-corrected chi connectivity index (χ1v) is 10.3. The van der Waals surface area contributed by atoms with Crippen molar-refractivity contribution in [2.24, 2.45) is 0 Å². The summed E-state index contributed by atoms with van der Waals surface area (Å²) in [5, 5.41) is 2.99. The summed E-state index contributed by atoms with van der Waals surface area (Å²) in [5.74, 6) is 0.910. The van der Waals surface area contributed by atoms with Crippen molar-refractivity contribution < 1.29 is 9.21 Å². The van der Waals surface area contributed by atoms with Crippen molar-refractivity contribution in [3.63, 3.8) is 0 Å². The SMILES string of the molecule is CC[C@H](C)c1ccc2oc(-c3cccc(NC(=O)c4ccc(C)cc4C)c3)nc2c1. The van der Waals surface area contributed by atoms with Crippen LogP contribution in [0.4, 0.5) is 5.69 Å². The Balaban J connectivity index is 1.60. The quantitative estimate of drug-likeness (QED) is 0.399. The van der Waals surface area contributed by atoms with Gasteiger partial charge in [0.25, 0.3) is 5.91 Å². The van der Waals surface area contributed by atoms with Gasteiger partial charge in [0, 0.05) is 16.8 Å². The molecule has 4 heteroatoms. The lowest BCUT2D eigenvalue weighted by molar-refractivity contribution is 0.102. The van der Waals surface area contributed by atoms with E-state index in [2.05, 4.69) is 36.3 Å². The summed E-state index contributed by atoms with van der Waals surface area (Å²) >= 11 is 0. The lowest BCUT2D eigenvalue weighted by Crippen LogP contribution is -2.13. The van der Waals surface area contributed by atoms with Crippen LogP contribution in [0.3, 0.4) is 0 Å². The van der Waals surface area contributed by atoms with Crippen molar-refractivity contribution in [3.8, 4) is 11.5 Å². The van der Waals surface area contributed by atoms with Gasteiger partial charge in [0.2, 0.25) is 5.89 Å². The molecule has 0 radical (unpaired) electrons. The van der Waals surface area contributed by atoms with Crippen LogP contribution in [0.15, 0.2) is 65.1 Å². The highest BCUT2D eigenvalue weighted by atomic mass is 16.3. The third kappa shape index (κ3) is 3.99. The highest BCUT2D eigenvalue weighted by Crippen LogP contribution is 2.29. The molecule has 4 nitrogen and oxygen atoms in total. The largest absolute Gasteiger partial charge is 0.436 e. The second kappa shape index (κ2) is 8.15. The zero-order chi connectivity index (χ0) is 21.3. The van der Waals surface area contributed by atoms with Crippen molar-refractivity contribution in [1.29, 1.82) is 0 Å². The van der Waals surface area contributed by atoms with Crippen molar-refractivity contribution in [2.75, 3.05) is 5.32 Å². The van der Waals surface area contributed by atoms with Crippen molar-refractivity contribution in [3.05, 3.63) is 82.9 Å². The number of aryl methyl sites for hydroxylation is 2. The third-order valence-electron chi connectivity index (χ3n) is 5.59. The molecule has 0 aliphatic carbocycles. The molecule has 0 unspecified atom stereocenters. The van der Waals surface area contributed by atoms with Gasteiger partial charge < -0.3 is 9.73 Å². The molecular formula is C26H26N2O2. The van der Waals surface area contributed by atoms with Gasteiger partial charge in [-0.1, -0.05) is 43.7 Å². The molecule has 152 valence electrons. The van der Waals surface area contributed by atoms with Gasteiger partial charge in [0.05, 0.1) is 0 Å². The second-order valence-corrected chi connectivity index (χ2v) is 7.91.